The maximum absolute atomic E-state index is 13.4. The van der Waals surface area contributed by atoms with E-state index in [1.165, 1.54) is 21.9 Å². The van der Waals surface area contributed by atoms with Crippen LogP contribution in [0.1, 0.15) is 51.8 Å². The van der Waals surface area contributed by atoms with Crippen LogP contribution in [0.15, 0.2) is 102 Å². The van der Waals surface area contributed by atoms with Crippen molar-refractivity contribution in [3.8, 4) is 5.75 Å². The molecule has 3 heterocycles. The van der Waals surface area contributed by atoms with Gasteiger partial charge in [-0.25, -0.2) is 0 Å². The molecule has 0 saturated carbocycles. The van der Waals surface area contributed by atoms with Crippen molar-refractivity contribution in [2.75, 3.05) is 32.7 Å². The highest BCUT2D eigenvalue weighted by molar-refractivity contribution is 7.11. The zero-order valence-corrected chi connectivity index (χ0v) is 27.9. The lowest BCUT2D eigenvalue weighted by Gasteiger charge is -2.37. The van der Waals surface area contributed by atoms with E-state index in [2.05, 4.69) is 27.3 Å². The van der Waals surface area contributed by atoms with Crippen molar-refractivity contribution in [1.29, 1.82) is 0 Å². The zero-order chi connectivity index (χ0) is 33.5. The number of phenols is 1. The first kappa shape index (κ1) is 33.6. The fraction of sp³-hybridized carbons (Fsp3) is 0.333. The molecule has 0 bridgehead atoms. The Kier molecular flexibility index (Phi) is 10.7. The Morgan fingerprint density at radius 2 is 1.60 bits per heavy atom. The summed E-state index contributed by atoms with van der Waals surface area (Å²) < 4.78 is 0. The average molecular weight is 665 g/mol. The number of amides is 1. The Balaban J connectivity index is 0.959. The second-order valence-corrected chi connectivity index (χ2v) is 14.0. The molecule has 0 unspecified atom stereocenters. The van der Waals surface area contributed by atoms with Gasteiger partial charge in [0.25, 0.3) is 0 Å². The van der Waals surface area contributed by atoms with Gasteiger partial charge in [-0.2, -0.15) is 0 Å². The molecule has 1 aliphatic heterocycles. The van der Waals surface area contributed by atoms with Crippen LogP contribution in [0.3, 0.4) is 0 Å². The summed E-state index contributed by atoms with van der Waals surface area (Å²) in [5.74, 6) is -0.191. The molecule has 1 aliphatic rings. The number of primary amides is 1. The molecule has 0 spiro atoms. The highest BCUT2D eigenvalue weighted by Gasteiger charge is 2.49. The van der Waals surface area contributed by atoms with Crippen molar-refractivity contribution in [2.45, 2.75) is 43.6 Å². The molecule has 1 fully saturated rings. The number of nitrogens with zero attached hydrogens (tertiary/aromatic N) is 1. The van der Waals surface area contributed by atoms with Crippen LogP contribution in [0, 0.1) is 5.92 Å². The third-order valence-corrected chi connectivity index (χ3v) is 10.9. The molecule has 250 valence electrons. The fourth-order valence-electron chi connectivity index (χ4n) is 7.37. The summed E-state index contributed by atoms with van der Waals surface area (Å²) in [7, 11) is 0. The molecule has 9 heteroatoms. The summed E-state index contributed by atoms with van der Waals surface area (Å²) in [5, 5.41) is 24.9. The maximum atomic E-state index is 13.4. The number of rotatable bonds is 15. The number of aliphatic hydroxyl groups is 1. The normalized spacial score (nSPS) is 16.0. The van der Waals surface area contributed by atoms with E-state index >= 15 is 0 Å². The quantitative estimate of drug-likeness (QED) is 0.0969. The minimum Gasteiger partial charge on any atom is -0.506 e. The minimum absolute atomic E-state index is 0.0134. The van der Waals surface area contributed by atoms with Gasteiger partial charge in [-0.1, -0.05) is 66.7 Å². The molecule has 2 aromatic heterocycles. The lowest BCUT2D eigenvalue weighted by Crippen LogP contribution is -2.49. The van der Waals surface area contributed by atoms with E-state index in [1.807, 2.05) is 72.0 Å². The predicted octanol–water partition coefficient (Wildman–Crippen LogP) is 5.28. The fourth-order valence-corrected chi connectivity index (χ4v) is 8.47. The summed E-state index contributed by atoms with van der Waals surface area (Å²) in [4.78, 5) is 32.9. The number of aryl methyl sites for hydroxylation is 2. The highest BCUT2D eigenvalue weighted by atomic mass is 32.1. The number of phenolic OH excluding ortho intramolecular Hbond substituents is 1. The summed E-state index contributed by atoms with van der Waals surface area (Å²) in [5.41, 5.74) is 8.06. The second kappa shape index (κ2) is 15.3. The first-order valence-electron chi connectivity index (χ1n) is 16.8. The smallest absolute Gasteiger partial charge is 0.248 e. The Morgan fingerprint density at radius 3 is 2.27 bits per heavy atom. The molecule has 2 atom stereocenters. The number of H-pyrrole nitrogens is 1. The zero-order valence-electron chi connectivity index (χ0n) is 27.1. The van der Waals surface area contributed by atoms with Crippen LogP contribution in [0.5, 0.6) is 5.75 Å². The van der Waals surface area contributed by atoms with Crippen LogP contribution in [-0.4, -0.2) is 58.7 Å². The van der Waals surface area contributed by atoms with Crippen molar-refractivity contribution in [3.63, 3.8) is 0 Å². The number of aliphatic hydroxyl groups excluding tert-OH is 1. The molecular weight excluding hydrogens is 621 g/mol. The number of nitrogens with two attached hydrogens (primary N) is 1. The van der Waals surface area contributed by atoms with Gasteiger partial charge in [0.15, 0.2) is 0 Å². The Morgan fingerprint density at radius 1 is 0.938 bits per heavy atom. The van der Waals surface area contributed by atoms with Gasteiger partial charge in [-0.3, -0.25) is 9.59 Å². The third-order valence-electron chi connectivity index (χ3n) is 9.73. The number of nitrogens with one attached hydrogen (secondary N) is 2. The van der Waals surface area contributed by atoms with E-state index in [0.29, 0.717) is 23.0 Å². The largest absolute Gasteiger partial charge is 0.506 e. The Hall–Kier alpha value is -4.28. The van der Waals surface area contributed by atoms with Gasteiger partial charge < -0.3 is 31.1 Å². The molecule has 1 amide bonds. The number of benzene rings is 3. The van der Waals surface area contributed by atoms with Gasteiger partial charge in [-0.05, 0) is 98.6 Å². The number of aromatic amines is 1. The van der Waals surface area contributed by atoms with E-state index in [-0.39, 0.29) is 23.1 Å². The van der Waals surface area contributed by atoms with Gasteiger partial charge in [-0.15, -0.1) is 11.3 Å². The number of carbonyl (C=O) groups excluding carboxylic acids is 1. The number of carbonyl (C=O) groups is 1. The molecule has 1 saturated heterocycles. The molecule has 6 rings (SSSR count). The summed E-state index contributed by atoms with van der Waals surface area (Å²) in [6.45, 7) is 3.93. The number of hydrogen-bond acceptors (Lipinski definition) is 7. The molecule has 6 N–H and O–H groups in total. The lowest BCUT2D eigenvalue weighted by molar-refractivity contribution is -0.123. The molecule has 8 nitrogen and oxygen atoms in total. The van der Waals surface area contributed by atoms with E-state index in [9.17, 15) is 19.8 Å². The van der Waals surface area contributed by atoms with Gasteiger partial charge >= 0.3 is 0 Å². The number of aromatic hydroxyl groups is 1. The number of pyridine rings is 1. The summed E-state index contributed by atoms with van der Waals surface area (Å²) in [6.07, 6.45) is 4.18. The Labute approximate surface area is 285 Å². The lowest BCUT2D eigenvalue weighted by atomic mass is 9.64. The summed E-state index contributed by atoms with van der Waals surface area (Å²) >= 11 is 1.87. The monoisotopic (exact) mass is 664 g/mol. The van der Waals surface area contributed by atoms with Crippen molar-refractivity contribution in [2.24, 2.45) is 11.7 Å². The van der Waals surface area contributed by atoms with Gasteiger partial charge in [0, 0.05) is 34.3 Å². The topological polar surface area (TPSA) is 132 Å². The van der Waals surface area contributed by atoms with Gasteiger partial charge in [0.1, 0.15) is 11.2 Å². The average Bonchev–Trinajstić information content (AvgIpc) is 3.76. The van der Waals surface area contributed by atoms with Gasteiger partial charge in [0.2, 0.25) is 11.5 Å². The predicted molar refractivity (Wildman–Crippen MR) is 192 cm³/mol. The Bertz CT molecular complexity index is 1830. The van der Waals surface area contributed by atoms with Crippen molar-refractivity contribution < 1.29 is 15.0 Å². The molecule has 0 radical (unpaired) electrons. The number of thiophene rings is 1. The first-order chi connectivity index (χ1) is 23.4. The standard InChI is InChI=1S/C39H44N4O4S/c40-38(47)39(27-9-3-1-4-10-27,28-11-5-2-6-12-28)29-21-24-43(26-29)23-8-14-31-16-15-30(48-31)13-7-22-41-25-35(45)32-17-19-34(44)37-33(32)18-20-36(46)42-37/h1-6,9-12,15-20,29,35,41,44-45H,7-8,13-14,21-26H2,(H2,40,47)(H,42,46)/t29-,35-/m1/s1. The molecule has 3 aromatic carbocycles. The second-order valence-electron chi connectivity index (χ2n) is 12.8. The number of fused-ring (bicyclic) bond motifs is 1. The van der Waals surface area contributed by atoms with Crippen molar-refractivity contribution in [1.82, 2.24) is 15.2 Å². The number of likely N-dealkylation sites (tertiary alicyclic amines) is 1. The molecule has 48 heavy (non-hydrogen) atoms. The van der Waals surface area contributed by atoms with E-state index in [1.54, 1.807) is 12.1 Å². The van der Waals surface area contributed by atoms with Crippen LogP contribution < -0.4 is 16.6 Å². The molecule has 0 aliphatic carbocycles. The van der Waals surface area contributed by atoms with Crippen LogP contribution in [0.4, 0.5) is 0 Å². The van der Waals surface area contributed by atoms with E-state index in [4.69, 9.17) is 5.73 Å². The van der Waals surface area contributed by atoms with Crippen LogP contribution in [0.2, 0.25) is 0 Å². The maximum Gasteiger partial charge on any atom is 0.248 e. The molecule has 5 aromatic rings. The summed E-state index contributed by atoms with van der Waals surface area (Å²) in [6, 6.07) is 30.8. The van der Waals surface area contributed by atoms with E-state index < -0.39 is 11.5 Å². The number of hydrogen-bond donors (Lipinski definition) is 5. The number of aromatic nitrogens is 1. The van der Waals surface area contributed by atoms with Crippen molar-refractivity contribution in [3.05, 3.63) is 134 Å². The third kappa shape index (κ3) is 7.24. The van der Waals surface area contributed by atoms with E-state index in [0.717, 1.165) is 69.4 Å². The SMILES string of the molecule is NC(=O)C(c1ccccc1)(c1ccccc1)[C@@H]1CCN(CCCc2ccc(CCCNC[C@@H](O)c3ccc(O)c4[nH]c(=O)ccc34)s2)C1. The van der Waals surface area contributed by atoms with Crippen molar-refractivity contribution >= 4 is 28.1 Å². The minimum atomic E-state index is -0.853. The molecular formula is C39H44N4O4S. The van der Waals surface area contributed by atoms with Crippen LogP contribution in [0.25, 0.3) is 10.9 Å². The van der Waals surface area contributed by atoms with Crippen LogP contribution in [-0.2, 0) is 23.1 Å². The first-order valence-corrected chi connectivity index (χ1v) is 17.6. The highest BCUT2D eigenvalue weighted by Crippen LogP contribution is 2.43. The van der Waals surface area contributed by atoms with Gasteiger partial charge in [0.05, 0.1) is 11.6 Å². The van der Waals surface area contributed by atoms with Crippen LogP contribution >= 0.6 is 11.3 Å².